The molecule has 1 aromatic rings. The van der Waals surface area contributed by atoms with Gasteiger partial charge in [0.2, 0.25) is 0 Å². The number of aliphatic hydroxyl groups excluding tert-OH is 1. The minimum Gasteiger partial charge on any atom is -0.458 e. The number of likely N-dealkylation sites (tertiary alicyclic amines) is 1. The molecule has 1 aliphatic heterocycles. The maximum atomic E-state index is 13.3. The van der Waals surface area contributed by atoms with Crippen molar-refractivity contribution in [2.75, 3.05) is 41.0 Å². The van der Waals surface area contributed by atoms with E-state index in [0.717, 1.165) is 37.9 Å². The van der Waals surface area contributed by atoms with E-state index in [1.807, 2.05) is 30.3 Å². The van der Waals surface area contributed by atoms with Crippen LogP contribution in [-0.2, 0) is 23.7 Å². The molecule has 8 nitrogen and oxygen atoms in total. The maximum absolute atomic E-state index is 13.3. The summed E-state index contributed by atoms with van der Waals surface area (Å²) in [5, 5.41) is 25.3. The molecular weight excluding hydrogens is 522 g/mol. The quantitative estimate of drug-likeness (QED) is 0.366. The van der Waals surface area contributed by atoms with Gasteiger partial charge in [0.25, 0.3) is 0 Å². The third kappa shape index (κ3) is 3.52. The van der Waals surface area contributed by atoms with Crippen LogP contribution in [-0.4, -0.2) is 98.2 Å². The molecule has 5 aliphatic carbocycles. The van der Waals surface area contributed by atoms with Crippen molar-refractivity contribution in [1.29, 1.82) is 0 Å². The van der Waals surface area contributed by atoms with Gasteiger partial charge in [-0.05, 0) is 43.4 Å². The molecule has 224 valence electrons. The van der Waals surface area contributed by atoms with Crippen LogP contribution in [0.5, 0.6) is 0 Å². The van der Waals surface area contributed by atoms with E-state index in [1.54, 1.807) is 27.4 Å². The third-order valence-electron chi connectivity index (χ3n) is 12.6. The van der Waals surface area contributed by atoms with Gasteiger partial charge < -0.3 is 29.2 Å². The van der Waals surface area contributed by atoms with Crippen LogP contribution in [0.3, 0.4) is 0 Å². The van der Waals surface area contributed by atoms with Crippen LogP contribution >= 0.6 is 0 Å². The molecule has 7 bridgehead atoms. The van der Waals surface area contributed by atoms with E-state index in [-0.39, 0.29) is 58.7 Å². The van der Waals surface area contributed by atoms with E-state index < -0.39 is 23.8 Å². The van der Waals surface area contributed by atoms with Gasteiger partial charge in [-0.25, -0.2) is 4.79 Å². The summed E-state index contributed by atoms with van der Waals surface area (Å²) >= 11 is 0. The van der Waals surface area contributed by atoms with E-state index in [0.29, 0.717) is 13.0 Å². The second-order valence-corrected chi connectivity index (χ2v) is 13.7. The Labute approximate surface area is 243 Å². The zero-order chi connectivity index (χ0) is 28.7. The topological polar surface area (TPSA) is 97.7 Å². The first-order chi connectivity index (χ1) is 19.8. The second-order valence-electron chi connectivity index (χ2n) is 13.7. The van der Waals surface area contributed by atoms with Crippen molar-refractivity contribution in [3.63, 3.8) is 0 Å². The lowest BCUT2D eigenvalue weighted by Gasteiger charge is -2.69. The SMILES string of the molecule is CCN1C[C@]2(COC)CC[C@H](OC)[C@@]34[C@@H]5C[C@H]6[C@H](OC(=O)/C=C/c7ccccc7)[C@@H]5[C@](O)(C[C@@H]6OC)[C@@H]([C@H](O)[C@H]23)[C@@H]14. The molecule has 0 radical (unpaired) electrons. The van der Waals surface area contributed by atoms with Crippen molar-refractivity contribution in [2.24, 2.45) is 40.4 Å². The summed E-state index contributed by atoms with van der Waals surface area (Å²) in [5.41, 5.74) is -0.895. The summed E-state index contributed by atoms with van der Waals surface area (Å²) in [7, 11) is 5.26. The number of nitrogens with zero attached hydrogens (tertiary/aromatic N) is 1. The van der Waals surface area contributed by atoms with Crippen LogP contribution in [0.2, 0.25) is 0 Å². The predicted molar refractivity (Wildman–Crippen MR) is 152 cm³/mol. The highest BCUT2D eigenvalue weighted by Crippen LogP contribution is 2.79. The van der Waals surface area contributed by atoms with Crippen LogP contribution in [0.25, 0.3) is 6.08 Å². The number of carbonyl (C=O) groups excluding carboxylic acids is 1. The monoisotopic (exact) mass is 567 g/mol. The first-order valence-corrected chi connectivity index (χ1v) is 15.4. The highest BCUT2D eigenvalue weighted by molar-refractivity contribution is 5.87. The number of esters is 1. The molecule has 7 rings (SSSR count). The van der Waals surface area contributed by atoms with Crippen LogP contribution in [0.15, 0.2) is 36.4 Å². The van der Waals surface area contributed by atoms with Gasteiger partial charge in [-0.2, -0.15) is 0 Å². The molecule has 6 aliphatic rings. The fourth-order valence-electron chi connectivity index (χ4n) is 11.8. The molecule has 2 N–H and O–H groups in total. The maximum Gasteiger partial charge on any atom is 0.331 e. The lowest BCUT2D eigenvalue weighted by molar-refractivity contribution is -0.277. The minimum absolute atomic E-state index is 0.0161. The van der Waals surface area contributed by atoms with Crippen molar-refractivity contribution >= 4 is 12.0 Å². The largest absolute Gasteiger partial charge is 0.458 e. The Morgan fingerprint density at radius 1 is 1.15 bits per heavy atom. The van der Waals surface area contributed by atoms with Crippen molar-refractivity contribution in [3.8, 4) is 0 Å². The number of carbonyl (C=O) groups is 1. The van der Waals surface area contributed by atoms with Crippen molar-refractivity contribution in [3.05, 3.63) is 42.0 Å². The average molecular weight is 568 g/mol. The molecule has 0 amide bonds. The van der Waals surface area contributed by atoms with Gasteiger partial charge in [0.1, 0.15) is 6.10 Å². The Kier molecular flexibility index (Phi) is 6.73. The molecule has 1 aromatic carbocycles. The average Bonchev–Trinajstić information content (AvgIpc) is 3.39. The van der Waals surface area contributed by atoms with Crippen molar-refractivity contribution in [2.45, 2.75) is 68.7 Å². The first-order valence-electron chi connectivity index (χ1n) is 15.4. The molecule has 1 spiro atoms. The van der Waals surface area contributed by atoms with Crippen molar-refractivity contribution in [1.82, 2.24) is 4.90 Å². The number of benzene rings is 1. The third-order valence-corrected chi connectivity index (χ3v) is 12.6. The molecule has 1 heterocycles. The van der Waals surface area contributed by atoms with Gasteiger partial charge >= 0.3 is 5.97 Å². The number of aliphatic hydroxyl groups is 2. The van der Waals surface area contributed by atoms with E-state index in [1.165, 1.54) is 6.08 Å². The Morgan fingerprint density at radius 2 is 1.93 bits per heavy atom. The van der Waals surface area contributed by atoms with E-state index in [4.69, 9.17) is 18.9 Å². The lowest BCUT2D eigenvalue weighted by Crippen LogP contribution is -2.76. The summed E-state index contributed by atoms with van der Waals surface area (Å²) in [5.74, 6) is -1.14. The Morgan fingerprint density at radius 3 is 2.61 bits per heavy atom. The summed E-state index contributed by atoms with van der Waals surface area (Å²) < 4.78 is 24.6. The number of hydrogen-bond donors (Lipinski definition) is 2. The van der Waals surface area contributed by atoms with E-state index >= 15 is 0 Å². The Balaban J connectivity index is 1.34. The van der Waals surface area contributed by atoms with Crippen molar-refractivity contribution < 1.29 is 34.0 Å². The highest BCUT2D eigenvalue weighted by atomic mass is 16.5. The molecule has 8 heteroatoms. The van der Waals surface area contributed by atoms with Crippen LogP contribution in [0, 0.1) is 40.4 Å². The minimum atomic E-state index is -1.23. The molecule has 13 atom stereocenters. The zero-order valence-electron chi connectivity index (χ0n) is 24.6. The fourth-order valence-corrected chi connectivity index (χ4v) is 11.8. The van der Waals surface area contributed by atoms with Crippen LogP contribution < -0.4 is 0 Å². The zero-order valence-corrected chi connectivity index (χ0v) is 24.6. The fraction of sp³-hybridized carbons (Fsp3) is 0.727. The molecule has 41 heavy (non-hydrogen) atoms. The van der Waals surface area contributed by atoms with E-state index in [9.17, 15) is 15.0 Å². The van der Waals surface area contributed by atoms with Crippen LogP contribution in [0.4, 0.5) is 0 Å². The molecule has 1 saturated heterocycles. The van der Waals surface area contributed by atoms with Gasteiger partial charge in [0.05, 0.1) is 30.5 Å². The standard InChI is InChI=1S/C33H45NO7/c1-5-34-17-31(18-38-2)14-13-23(40-4)33-21-15-20-22(39-3)16-32(37,26(30(33)34)27(36)29(31)33)25(21)28(20)41-24(35)12-11-19-9-7-6-8-10-19/h6-12,20-23,25-30,36-37H,5,13-18H2,1-4H3/b12-11+/t20-,21-,22+,23+,25-,26+,27+,28+,29-,30-,31+,32-,33+/m1/s1. The Bertz CT molecular complexity index is 1190. The lowest BCUT2D eigenvalue weighted by atomic mass is 9.43. The number of hydrogen-bond acceptors (Lipinski definition) is 8. The molecular formula is C33H45NO7. The van der Waals surface area contributed by atoms with Gasteiger partial charge in [-0.15, -0.1) is 0 Å². The normalized spacial score (nSPS) is 49.4. The van der Waals surface area contributed by atoms with Gasteiger partial charge in [-0.1, -0.05) is 37.3 Å². The Hall–Kier alpha value is -1.81. The molecule has 0 aromatic heterocycles. The smallest absolute Gasteiger partial charge is 0.331 e. The van der Waals surface area contributed by atoms with Gasteiger partial charge in [-0.3, -0.25) is 4.90 Å². The molecule has 0 unspecified atom stereocenters. The number of piperidine rings is 1. The summed E-state index contributed by atoms with van der Waals surface area (Å²) in [4.78, 5) is 15.8. The molecule has 6 fully saturated rings. The number of ether oxygens (including phenoxy) is 4. The molecule has 5 saturated carbocycles. The number of fused-ring (bicyclic) bond motifs is 2. The van der Waals surface area contributed by atoms with E-state index in [2.05, 4.69) is 11.8 Å². The van der Waals surface area contributed by atoms with Gasteiger partial charge in [0, 0.05) is 80.9 Å². The summed E-state index contributed by atoms with van der Waals surface area (Å²) in [6, 6.07) is 9.68. The first kappa shape index (κ1) is 28.0. The second kappa shape index (κ2) is 9.86. The number of rotatable bonds is 8. The predicted octanol–water partition coefficient (Wildman–Crippen LogP) is 2.77. The summed E-state index contributed by atoms with van der Waals surface area (Å²) in [6.07, 6.45) is 4.78. The number of methoxy groups -OCH3 is 3. The van der Waals surface area contributed by atoms with Crippen LogP contribution in [0.1, 0.15) is 38.2 Å². The van der Waals surface area contributed by atoms with Gasteiger partial charge in [0.15, 0.2) is 0 Å². The summed E-state index contributed by atoms with van der Waals surface area (Å²) in [6.45, 7) is 4.44. The highest BCUT2D eigenvalue weighted by Gasteiger charge is 2.86.